The molecule has 2 heterocycles. The Morgan fingerprint density at radius 1 is 1.27 bits per heavy atom. The van der Waals surface area contributed by atoms with Crippen LogP contribution < -0.4 is 15.0 Å². The molecule has 0 saturated carbocycles. The van der Waals surface area contributed by atoms with E-state index >= 15 is 0 Å². The average Bonchev–Trinajstić information content (AvgIpc) is 3.26. The molecule has 2 aromatic carbocycles. The summed E-state index contributed by atoms with van der Waals surface area (Å²) in [4.78, 5) is 30.1. The van der Waals surface area contributed by atoms with Crippen molar-refractivity contribution >= 4 is 17.5 Å². The Labute approximate surface area is 191 Å². The number of fused-ring (bicyclic) bond motifs is 1. The molecule has 9 heteroatoms. The number of hydrogen-bond donors (Lipinski definition) is 2. The van der Waals surface area contributed by atoms with Crippen molar-refractivity contribution in [1.29, 1.82) is 0 Å². The smallest absolute Gasteiger partial charge is 0.289 e. The van der Waals surface area contributed by atoms with Crippen LogP contribution in [-0.2, 0) is 16.0 Å². The molecule has 1 atom stereocenters. The second kappa shape index (κ2) is 9.97. The van der Waals surface area contributed by atoms with Gasteiger partial charge in [0.25, 0.3) is 11.8 Å². The van der Waals surface area contributed by atoms with E-state index in [1.165, 1.54) is 4.90 Å². The first-order valence-corrected chi connectivity index (χ1v) is 10.3. The Hall–Kier alpha value is -4.16. The Morgan fingerprint density at radius 2 is 2.09 bits per heavy atom. The number of methoxy groups -OCH3 is 1. The second-order valence-electron chi connectivity index (χ2n) is 7.43. The van der Waals surface area contributed by atoms with E-state index in [9.17, 15) is 9.59 Å². The van der Waals surface area contributed by atoms with Gasteiger partial charge in [-0.2, -0.15) is 0 Å². The molecule has 1 aliphatic rings. The molecule has 0 bridgehead atoms. The number of aromatic nitrogens is 3. The summed E-state index contributed by atoms with van der Waals surface area (Å²) in [6.45, 7) is 0.298. The zero-order valence-corrected chi connectivity index (χ0v) is 18.3. The fourth-order valence-electron chi connectivity index (χ4n) is 3.38. The quantitative estimate of drug-likeness (QED) is 0.577. The van der Waals surface area contributed by atoms with Crippen molar-refractivity contribution in [2.45, 2.75) is 12.5 Å². The summed E-state index contributed by atoms with van der Waals surface area (Å²) in [5, 5.41) is 10.6. The standard InChI is InChI=1S/C24H23N5O4/c1-29-19-13-17(9-6-12-32-2)10-11-20(19)33-15-18(24(29)31)25-23(30)22-26-21(27-28-22)14-16-7-4-3-5-8-16/h3-5,7-8,10-11,13,18H,12,14-15H2,1-2H3,(H,25,30)(H,26,27,28)/t18-/m0/s1. The van der Waals surface area contributed by atoms with Gasteiger partial charge in [-0.3, -0.25) is 9.59 Å². The molecule has 0 aliphatic carbocycles. The molecule has 168 valence electrons. The van der Waals surface area contributed by atoms with Crippen LogP contribution in [0.1, 0.15) is 27.6 Å². The predicted octanol–water partition coefficient (Wildman–Crippen LogP) is 1.55. The lowest BCUT2D eigenvalue weighted by Gasteiger charge is -2.20. The Kier molecular flexibility index (Phi) is 6.66. The third kappa shape index (κ3) is 5.19. The number of anilines is 1. The van der Waals surface area contributed by atoms with Gasteiger partial charge in [0, 0.05) is 26.1 Å². The summed E-state index contributed by atoms with van der Waals surface area (Å²) in [7, 11) is 3.21. The van der Waals surface area contributed by atoms with Gasteiger partial charge in [0.1, 0.15) is 30.8 Å². The molecule has 0 unspecified atom stereocenters. The van der Waals surface area contributed by atoms with Gasteiger partial charge in [0.2, 0.25) is 5.82 Å². The van der Waals surface area contributed by atoms with Gasteiger partial charge >= 0.3 is 0 Å². The number of carbonyl (C=O) groups is 2. The van der Waals surface area contributed by atoms with Crippen molar-refractivity contribution in [3.63, 3.8) is 0 Å². The first kappa shape index (κ1) is 22.0. The molecule has 0 radical (unpaired) electrons. The molecule has 2 amide bonds. The number of benzene rings is 2. The van der Waals surface area contributed by atoms with Crippen LogP contribution in [-0.4, -0.2) is 60.4 Å². The lowest BCUT2D eigenvalue weighted by atomic mass is 10.1. The van der Waals surface area contributed by atoms with Gasteiger partial charge in [0.05, 0.1) is 5.69 Å². The topological polar surface area (TPSA) is 109 Å². The summed E-state index contributed by atoms with van der Waals surface area (Å²) in [6.07, 6.45) is 0.514. The summed E-state index contributed by atoms with van der Waals surface area (Å²) < 4.78 is 10.7. The average molecular weight is 445 g/mol. The van der Waals surface area contributed by atoms with Crippen molar-refractivity contribution in [1.82, 2.24) is 20.5 Å². The number of rotatable bonds is 5. The lowest BCUT2D eigenvalue weighted by molar-refractivity contribution is -0.120. The first-order chi connectivity index (χ1) is 16.0. The normalized spacial score (nSPS) is 15.0. The minimum absolute atomic E-state index is 0.0123. The van der Waals surface area contributed by atoms with Crippen LogP contribution in [0.3, 0.4) is 0 Å². The van der Waals surface area contributed by atoms with Gasteiger partial charge in [-0.05, 0) is 23.8 Å². The minimum atomic E-state index is -0.888. The molecule has 2 N–H and O–H groups in total. The number of hydrogen-bond acceptors (Lipinski definition) is 6. The van der Waals surface area contributed by atoms with E-state index in [1.54, 1.807) is 26.3 Å². The van der Waals surface area contributed by atoms with Crippen LogP contribution >= 0.6 is 0 Å². The van der Waals surface area contributed by atoms with Crippen LogP contribution in [0.5, 0.6) is 5.75 Å². The monoisotopic (exact) mass is 445 g/mol. The number of nitrogens with one attached hydrogen (secondary N) is 2. The van der Waals surface area contributed by atoms with Crippen molar-refractivity contribution in [3.8, 4) is 17.6 Å². The molecule has 0 spiro atoms. The zero-order chi connectivity index (χ0) is 23.2. The molecular weight excluding hydrogens is 422 g/mol. The molecule has 3 aromatic rings. The second-order valence-corrected chi connectivity index (χ2v) is 7.43. The van der Waals surface area contributed by atoms with Gasteiger partial charge in [0.15, 0.2) is 0 Å². The van der Waals surface area contributed by atoms with Crippen LogP contribution in [0.25, 0.3) is 0 Å². The third-order valence-electron chi connectivity index (χ3n) is 5.07. The van der Waals surface area contributed by atoms with E-state index in [2.05, 4.69) is 32.3 Å². The van der Waals surface area contributed by atoms with E-state index in [4.69, 9.17) is 9.47 Å². The van der Waals surface area contributed by atoms with Crippen LogP contribution in [0.2, 0.25) is 0 Å². The number of nitrogens with zero attached hydrogens (tertiary/aromatic N) is 3. The van der Waals surface area contributed by atoms with Crippen LogP contribution in [0, 0.1) is 11.8 Å². The van der Waals surface area contributed by atoms with Gasteiger partial charge in [-0.25, -0.2) is 0 Å². The third-order valence-corrected chi connectivity index (χ3v) is 5.07. The Balaban J connectivity index is 1.44. The first-order valence-electron chi connectivity index (χ1n) is 10.3. The van der Waals surface area contributed by atoms with Crippen LogP contribution in [0.4, 0.5) is 5.69 Å². The van der Waals surface area contributed by atoms with E-state index in [0.717, 1.165) is 11.1 Å². The number of amides is 2. The van der Waals surface area contributed by atoms with Crippen molar-refractivity contribution < 1.29 is 19.1 Å². The lowest BCUT2D eigenvalue weighted by Crippen LogP contribution is -2.49. The molecule has 9 nitrogen and oxygen atoms in total. The van der Waals surface area contributed by atoms with Crippen LogP contribution in [0.15, 0.2) is 48.5 Å². The summed E-state index contributed by atoms with van der Waals surface area (Å²) in [6, 6.07) is 14.2. The Morgan fingerprint density at radius 3 is 2.88 bits per heavy atom. The molecule has 4 rings (SSSR count). The fraction of sp³-hybridized carbons (Fsp3) is 0.250. The molecule has 1 aromatic heterocycles. The molecule has 1 aliphatic heterocycles. The van der Waals surface area contributed by atoms with Crippen molar-refractivity contribution in [2.24, 2.45) is 0 Å². The van der Waals surface area contributed by atoms with E-state index in [1.807, 2.05) is 36.4 Å². The van der Waals surface area contributed by atoms with E-state index in [0.29, 0.717) is 30.3 Å². The molecular formula is C24H23N5O4. The van der Waals surface area contributed by atoms with Gasteiger partial charge < -0.3 is 24.7 Å². The largest absolute Gasteiger partial charge is 0.489 e. The SMILES string of the molecule is COCC#Cc1ccc2c(c1)N(C)C(=O)[C@@H](NC(=O)c1nnc(Cc3ccccc3)[nH]1)CO2. The number of H-pyrrole nitrogens is 1. The van der Waals surface area contributed by atoms with Gasteiger partial charge in [-0.1, -0.05) is 42.2 Å². The summed E-state index contributed by atoms with van der Waals surface area (Å²) >= 11 is 0. The fourth-order valence-corrected chi connectivity index (χ4v) is 3.38. The number of aromatic amines is 1. The van der Waals surface area contributed by atoms with Gasteiger partial charge in [-0.15, -0.1) is 10.2 Å². The Bertz CT molecular complexity index is 1210. The summed E-state index contributed by atoms with van der Waals surface area (Å²) in [5.74, 6) is 6.14. The highest BCUT2D eigenvalue weighted by molar-refractivity contribution is 6.02. The minimum Gasteiger partial charge on any atom is -0.489 e. The maximum atomic E-state index is 13.0. The van der Waals surface area contributed by atoms with Crippen molar-refractivity contribution in [3.05, 3.63) is 71.3 Å². The number of likely N-dealkylation sites (N-methyl/N-ethyl adjacent to an activating group) is 1. The predicted molar refractivity (Wildman–Crippen MR) is 121 cm³/mol. The summed E-state index contributed by atoms with van der Waals surface area (Å²) in [5.41, 5.74) is 2.34. The highest BCUT2D eigenvalue weighted by Gasteiger charge is 2.31. The molecule has 33 heavy (non-hydrogen) atoms. The van der Waals surface area contributed by atoms with E-state index < -0.39 is 11.9 Å². The van der Waals surface area contributed by atoms with Crippen molar-refractivity contribution in [2.75, 3.05) is 32.3 Å². The maximum Gasteiger partial charge on any atom is 0.289 e. The maximum absolute atomic E-state index is 13.0. The number of ether oxygens (including phenoxy) is 2. The number of carbonyl (C=O) groups excluding carboxylic acids is 2. The highest BCUT2D eigenvalue weighted by atomic mass is 16.5. The van der Waals surface area contributed by atoms with E-state index in [-0.39, 0.29) is 18.3 Å². The zero-order valence-electron chi connectivity index (χ0n) is 18.3. The molecule has 0 saturated heterocycles. The highest BCUT2D eigenvalue weighted by Crippen LogP contribution is 2.31. The molecule has 0 fully saturated rings.